The maximum Gasteiger partial charge on any atom is 0.217 e. The Bertz CT molecular complexity index is 975. The van der Waals surface area contributed by atoms with Crippen molar-refractivity contribution in [1.29, 1.82) is 0 Å². The van der Waals surface area contributed by atoms with Crippen molar-refractivity contribution < 1.29 is 19.8 Å². The molecule has 1 amide bonds. The standard InChI is InChI=1S/C29H43NO4/c1-19-10-12-26(4,30-21(3)34)16-24(19)28(6)14-13-27(5)23(11-15-31)22(20(2)17-32)8-9-25(27)29(28,7)18-33/h8-9,11,15,17,19,24,32-33H,10,12-14,16,18H2,1-7H3,(H,30,34)/b20-17+,23-11+/t19-,24-,26-,27+,28+,29-/m1/s1. The highest BCUT2D eigenvalue weighted by atomic mass is 16.3. The minimum absolute atomic E-state index is 0.00528. The fourth-order valence-electron chi connectivity index (χ4n) is 7.58. The van der Waals surface area contributed by atoms with Crippen molar-refractivity contribution in [2.45, 2.75) is 86.1 Å². The highest BCUT2D eigenvalue weighted by molar-refractivity contribution is 5.74. The SMILES string of the molecule is CC(=O)N[C@]1(C)CC[C@@H](C)[C@H]([C@]2(C)CC[C@]3(C)C(=CC=C(/C(C)=C/O)/C3=C\C=O)[C@@]2(C)CO)C1. The number of amides is 1. The van der Waals surface area contributed by atoms with E-state index in [1.54, 1.807) is 13.0 Å². The maximum absolute atomic E-state index is 12.0. The third-order valence-corrected chi connectivity index (χ3v) is 9.87. The number of carbonyl (C=O) groups is 2. The molecule has 2 fully saturated rings. The number of hydrogen-bond donors (Lipinski definition) is 3. The average molecular weight is 470 g/mol. The number of aldehydes is 1. The summed E-state index contributed by atoms with van der Waals surface area (Å²) in [6, 6.07) is 0. The molecule has 0 bridgehead atoms. The van der Waals surface area contributed by atoms with Gasteiger partial charge in [-0.1, -0.05) is 45.4 Å². The minimum atomic E-state index is -0.506. The Morgan fingerprint density at radius 2 is 1.82 bits per heavy atom. The third kappa shape index (κ3) is 4.00. The van der Waals surface area contributed by atoms with Crippen LogP contribution >= 0.6 is 0 Å². The van der Waals surface area contributed by atoms with Crippen LogP contribution < -0.4 is 5.32 Å². The molecule has 188 valence electrons. The van der Waals surface area contributed by atoms with Crippen molar-refractivity contribution >= 4 is 12.2 Å². The first-order valence-electron chi connectivity index (χ1n) is 12.6. The summed E-state index contributed by atoms with van der Waals surface area (Å²) in [4.78, 5) is 23.6. The lowest BCUT2D eigenvalue weighted by atomic mass is 9.41. The number of rotatable bonds is 5. The van der Waals surface area contributed by atoms with Crippen molar-refractivity contribution in [3.63, 3.8) is 0 Å². The molecular formula is C29H43NO4. The van der Waals surface area contributed by atoms with Crippen LogP contribution in [0.5, 0.6) is 0 Å². The molecule has 5 heteroatoms. The quantitative estimate of drug-likeness (QED) is 0.279. The van der Waals surface area contributed by atoms with Gasteiger partial charge in [-0.25, -0.2) is 0 Å². The van der Waals surface area contributed by atoms with Crippen LogP contribution in [0.25, 0.3) is 0 Å². The zero-order chi connectivity index (χ0) is 25.5. The van der Waals surface area contributed by atoms with E-state index in [4.69, 9.17) is 0 Å². The topological polar surface area (TPSA) is 86.6 Å². The van der Waals surface area contributed by atoms with Gasteiger partial charge in [0.2, 0.25) is 5.91 Å². The first-order chi connectivity index (χ1) is 15.8. The highest BCUT2D eigenvalue weighted by Crippen LogP contribution is 2.68. The predicted molar refractivity (Wildman–Crippen MR) is 136 cm³/mol. The number of nitrogens with one attached hydrogen (secondary N) is 1. The summed E-state index contributed by atoms with van der Waals surface area (Å²) in [5.74, 6) is 0.802. The van der Waals surface area contributed by atoms with E-state index in [9.17, 15) is 19.8 Å². The molecule has 3 N–H and O–H groups in total. The molecule has 6 atom stereocenters. The van der Waals surface area contributed by atoms with Gasteiger partial charge in [-0.05, 0) is 86.0 Å². The second kappa shape index (κ2) is 9.14. The van der Waals surface area contributed by atoms with Gasteiger partial charge in [0.1, 0.15) is 6.29 Å². The van der Waals surface area contributed by atoms with E-state index in [0.29, 0.717) is 11.8 Å². The van der Waals surface area contributed by atoms with Crippen LogP contribution in [0.3, 0.4) is 0 Å². The van der Waals surface area contributed by atoms with E-state index in [1.165, 1.54) is 0 Å². The van der Waals surface area contributed by atoms with E-state index in [0.717, 1.165) is 66.9 Å². The molecule has 0 radical (unpaired) electrons. The summed E-state index contributed by atoms with van der Waals surface area (Å²) >= 11 is 0. The Morgan fingerprint density at radius 3 is 2.38 bits per heavy atom. The second-order valence-electron chi connectivity index (χ2n) is 12.0. The van der Waals surface area contributed by atoms with Gasteiger partial charge >= 0.3 is 0 Å². The molecular weight excluding hydrogens is 426 g/mol. The van der Waals surface area contributed by atoms with Crippen molar-refractivity contribution in [2.75, 3.05) is 6.61 Å². The fraction of sp³-hybridized carbons (Fsp3) is 0.655. The van der Waals surface area contributed by atoms with Gasteiger partial charge in [0.25, 0.3) is 0 Å². The third-order valence-electron chi connectivity index (χ3n) is 9.87. The molecule has 34 heavy (non-hydrogen) atoms. The van der Waals surface area contributed by atoms with Gasteiger partial charge < -0.3 is 15.5 Å². The molecule has 5 nitrogen and oxygen atoms in total. The number of aliphatic hydroxyl groups is 2. The average Bonchev–Trinajstić information content (AvgIpc) is 2.78. The van der Waals surface area contributed by atoms with E-state index >= 15 is 0 Å². The lowest BCUT2D eigenvalue weighted by Crippen LogP contribution is -2.60. The van der Waals surface area contributed by atoms with Crippen molar-refractivity contribution in [1.82, 2.24) is 5.32 Å². The van der Waals surface area contributed by atoms with Crippen molar-refractivity contribution in [3.05, 3.63) is 46.8 Å². The molecule has 0 spiro atoms. The summed E-state index contributed by atoms with van der Waals surface area (Å²) < 4.78 is 0. The molecule has 0 aromatic carbocycles. The van der Waals surface area contributed by atoms with Crippen LogP contribution in [0.15, 0.2) is 46.8 Å². The molecule has 2 saturated carbocycles. The molecule has 0 aromatic heterocycles. The summed E-state index contributed by atoms with van der Waals surface area (Å²) in [6.07, 6.45) is 12.3. The van der Waals surface area contributed by atoms with Crippen LogP contribution in [0, 0.1) is 28.1 Å². The van der Waals surface area contributed by atoms with Crippen molar-refractivity contribution in [3.8, 4) is 0 Å². The fourth-order valence-corrected chi connectivity index (χ4v) is 7.58. The maximum atomic E-state index is 12.0. The molecule has 3 rings (SSSR count). The van der Waals surface area contributed by atoms with Crippen molar-refractivity contribution in [2.24, 2.45) is 28.1 Å². The van der Waals surface area contributed by atoms with Crippen LogP contribution in [-0.2, 0) is 9.59 Å². The van der Waals surface area contributed by atoms with Gasteiger partial charge in [0.05, 0.1) is 12.9 Å². The van der Waals surface area contributed by atoms with Gasteiger partial charge in [0.15, 0.2) is 0 Å². The zero-order valence-electron chi connectivity index (χ0n) is 22.0. The first-order valence-corrected chi connectivity index (χ1v) is 12.6. The predicted octanol–water partition coefficient (Wildman–Crippen LogP) is 5.58. The Hall–Kier alpha value is -2.14. The number of hydrogen-bond acceptors (Lipinski definition) is 4. The Labute approximate surface area is 205 Å². The van der Waals surface area contributed by atoms with E-state index < -0.39 is 10.8 Å². The molecule has 0 heterocycles. The van der Waals surface area contributed by atoms with Crippen LogP contribution in [0.2, 0.25) is 0 Å². The smallest absolute Gasteiger partial charge is 0.217 e. The number of allylic oxidation sites excluding steroid dienone is 6. The monoisotopic (exact) mass is 469 g/mol. The lowest BCUT2D eigenvalue weighted by Gasteiger charge is -2.63. The lowest BCUT2D eigenvalue weighted by molar-refractivity contribution is -0.124. The first kappa shape index (κ1) is 26.5. The summed E-state index contributed by atoms with van der Waals surface area (Å²) in [7, 11) is 0. The Kier molecular flexibility index (Phi) is 7.12. The molecule has 0 unspecified atom stereocenters. The number of carbonyl (C=O) groups excluding carboxylic acids is 2. The van der Waals surface area contributed by atoms with E-state index in [1.807, 2.05) is 13.0 Å². The zero-order valence-corrected chi connectivity index (χ0v) is 22.0. The van der Waals surface area contributed by atoms with E-state index in [-0.39, 0.29) is 23.5 Å². The van der Waals surface area contributed by atoms with Gasteiger partial charge in [-0.3, -0.25) is 9.59 Å². The molecule has 0 saturated heterocycles. The normalized spacial score (nSPS) is 41.9. The number of aliphatic hydroxyl groups excluding tert-OH is 2. The summed E-state index contributed by atoms with van der Waals surface area (Å²) in [5, 5.41) is 23.9. The second-order valence-corrected chi connectivity index (χ2v) is 12.0. The summed E-state index contributed by atoms with van der Waals surface area (Å²) in [6.45, 7) is 14.6. The summed E-state index contributed by atoms with van der Waals surface area (Å²) in [5.41, 5.74) is 2.29. The van der Waals surface area contributed by atoms with E-state index in [2.05, 4.69) is 46.0 Å². The van der Waals surface area contributed by atoms with Gasteiger partial charge in [0, 0.05) is 23.3 Å². The molecule has 0 aliphatic heterocycles. The molecule has 0 aromatic rings. The van der Waals surface area contributed by atoms with Crippen LogP contribution in [-0.4, -0.2) is 34.6 Å². The largest absolute Gasteiger partial charge is 0.515 e. The van der Waals surface area contributed by atoms with Crippen LogP contribution in [0.1, 0.15) is 80.6 Å². The number of fused-ring (bicyclic) bond motifs is 1. The minimum Gasteiger partial charge on any atom is -0.515 e. The molecule has 3 aliphatic rings. The molecule has 3 aliphatic carbocycles. The van der Waals surface area contributed by atoms with Gasteiger partial charge in [-0.15, -0.1) is 0 Å². The highest BCUT2D eigenvalue weighted by Gasteiger charge is 2.61. The van der Waals surface area contributed by atoms with Crippen LogP contribution in [0.4, 0.5) is 0 Å². The Morgan fingerprint density at radius 1 is 1.15 bits per heavy atom. The Balaban J connectivity index is 2.15. The van der Waals surface area contributed by atoms with Gasteiger partial charge in [-0.2, -0.15) is 0 Å².